The number of benzene rings is 1. The van der Waals surface area contributed by atoms with Crippen LogP contribution in [-0.2, 0) is 6.54 Å². The molecule has 0 saturated heterocycles. The summed E-state index contributed by atoms with van der Waals surface area (Å²) in [6, 6.07) is 5.02. The summed E-state index contributed by atoms with van der Waals surface area (Å²) in [5.41, 5.74) is 0.376. The summed E-state index contributed by atoms with van der Waals surface area (Å²) in [7, 11) is 0. The first-order valence-electron chi connectivity index (χ1n) is 4.57. The fourth-order valence-corrected chi connectivity index (χ4v) is 1.63. The van der Waals surface area contributed by atoms with Gasteiger partial charge in [0.15, 0.2) is 0 Å². The summed E-state index contributed by atoms with van der Waals surface area (Å²) in [6.07, 6.45) is 1.53. The number of hydrogen-bond acceptors (Lipinski definition) is 2. The van der Waals surface area contributed by atoms with Crippen molar-refractivity contribution in [3.05, 3.63) is 52.4 Å². The van der Waals surface area contributed by atoms with Crippen molar-refractivity contribution in [2.45, 2.75) is 6.54 Å². The molecule has 0 saturated carbocycles. The van der Waals surface area contributed by atoms with Gasteiger partial charge in [-0.2, -0.15) is 0 Å². The van der Waals surface area contributed by atoms with Crippen LogP contribution in [0.5, 0.6) is 0 Å². The highest BCUT2D eigenvalue weighted by molar-refractivity contribution is 9.10. The van der Waals surface area contributed by atoms with Crippen LogP contribution in [0, 0.1) is 11.6 Å². The summed E-state index contributed by atoms with van der Waals surface area (Å²) in [5.74, 6) is -0.549. The highest BCUT2D eigenvalue weighted by atomic mass is 79.9. The lowest BCUT2D eigenvalue weighted by Gasteiger charge is -2.05. The Morgan fingerprint density at radius 3 is 2.44 bits per heavy atom. The molecular weight excluding hydrogens is 280 g/mol. The Morgan fingerprint density at radius 1 is 1.19 bits per heavy atom. The largest absolute Gasteiger partial charge is 0.466 e. The molecule has 1 aromatic carbocycles. The number of rotatable bonds is 3. The molecule has 1 heterocycles. The minimum absolute atomic E-state index is 0.358. The molecule has 2 nitrogen and oxygen atoms in total. The van der Waals surface area contributed by atoms with E-state index in [1.165, 1.54) is 18.4 Å². The van der Waals surface area contributed by atoms with Crippen molar-refractivity contribution in [3.8, 4) is 0 Å². The minimum atomic E-state index is -0.610. The van der Waals surface area contributed by atoms with Gasteiger partial charge in [0.2, 0.25) is 0 Å². The van der Waals surface area contributed by atoms with Gasteiger partial charge in [-0.3, -0.25) is 0 Å². The van der Waals surface area contributed by atoms with E-state index in [4.69, 9.17) is 4.42 Å². The molecular formula is C11H8BrF2NO. The van der Waals surface area contributed by atoms with Crippen LogP contribution in [0.25, 0.3) is 0 Å². The predicted molar refractivity (Wildman–Crippen MR) is 60.1 cm³/mol. The Labute approximate surface area is 99.4 Å². The molecule has 2 aromatic rings. The molecule has 1 aromatic heterocycles. The zero-order valence-electron chi connectivity index (χ0n) is 8.14. The van der Waals surface area contributed by atoms with Crippen molar-refractivity contribution in [2.75, 3.05) is 5.32 Å². The van der Waals surface area contributed by atoms with Gasteiger partial charge < -0.3 is 9.73 Å². The molecule has 0 aliphatic rings. The quantitative estimate of drug-likeness (QED) is 0.925. The van der Waals surface area contributed by atoms with Crippen molar-refractivity contribution in [1.82, 2.24) is 0 Å². The lowest BCUT2D eigenvalue weighted by Crippen LogP contribution is -1.99. The van der Waals surface area contributed by atoms with Crippen LogP contribution in [0.15, 0.2) is 39.4 Å². The number of halogens is 3. The predicted octanol–water partition coefficient (Wildman–Crippen LogP) is 3.93. The van der Waals surface area contributed by atoms with Crippen molar-refractivity contribution in [3.63, 3.8) is 0 Å². The highest BCUT2D eigenvalue weighted by Gasteiger charge is 2.04. The topological polar surface area (TPSA) is 25.2 Å². The van der Waals surface area contributed by atoms with Crippen LogP contribution < -0.4 is 5.32 Å². The SMILES string of the molecule is Fc1cc(F)cc(NCc2occc2Br)c1. The van der Waals surface area contributed by atoms with Crippen molar-refractivity contribution < 1.29 is 13.2 Å². The molecule has 16 heavy (non-hydrogen) atoms. The highest BCUT2D eigenvalue weighted by Crippen LogP contribution is 2.19. The Kier molecular flexibility index (Phi) is 3.24. The molecule has 0 spiro atoms. The smallest absolute Gasteiger partial charge is 0.136 e. The molecule has 84 valence electrons. The molecule has 0 unspecified atom stereocenters. The molecule has 2 rings (SSSR count). The van der Waals surface area contributed by atoms with Crippen LogP contribution in [0.2, 0.25) is 0 Å². The van der Waals surface area contributed by atoms with Gasteiger partial charge in [0.25, 0.3) is 0 Å². The van der Waals surface area contributed by atoms with Gasteiger partial charge in [-0.15, -0.1) is 0 Å². The van der Waals surface area contributed by atoms with E-state index >= 15 is 0 Å². The Hall–Kier alpha value is -1.36. The average Bonchev–Trinajstić information content (AvgIpc) is 2.59. The van der Waals surface area contributed by atoms with E-state index in [2.05, 4.69) is 21.2 Å². The molecule has 0 radical (unpaired) electrons. The maximum absolute atomic E-state index is 12.9. The van der Waals surface area contributed by atoms with E-state index in [1.54, 1.807) is 6.07 Å². The van der Waals surface area contributed by atoms with Crippen molar-refractivity contribution in [2.24, 2.45) is 0 Å². The zero-order valence-corrected chi connectivity index (χ0v) is 9.72. The number of furan rings is 1. The molecule has 0 fully saturated rings. The second-order valence-electron chi connectivity index (χ2n) is 3.20. The first-order valence-corrected chi connectivity index (χ1v) is 5.36. The fraction of sp³-hybridized carbons (Fsp3) is 0.0909. The third-order valence-electron chi connectivity index (χ3n) is 2.01. The van der Waals surface area contributed by atoms with E-state index in [9.17, 15) is 8.78 Å². The number of nitrogens with one attached hydrogen (secondary N) is 1. The van der Waals surface area contributed by atoms with Crippen LogP contribution in [0.4, 0.5) is 14.5 Å². The molecule has 0 bridgehead atoms. The van der Waals surface area contributed by atoms with Gasteiger partial charge in [-0.25, -0.2) is 8.78 Å². The summed E-state index contributed by atoms with van der Waals surface area (Å²) >= 11 is 3.29. The number of hydrogen-bond donors (Lipinski definition) is 1. The van der Waals surface area contributed by atoms with Crippen LogP contribution in [0.1, 0.15) is 5.76 Å². The molecule has 0 aliphatic carbocycles. The molecule has 1 N–H and O–H groups in total. The van der Waals surface area contributed by atoms with E-state index in [0.29, 0.717) is 18.0 Å². The Bertz CT molecular complexity index is 478. The van der Waals surface area contributed by atoms with E-state index in [1.807, 2.05) is 0 Å². The summed E-state index contributed by atoms with van der Waals surface area (Å²) in [4.78, 5) is 0. The first-order chi connectivity index (χ1) is 7.65. The maximum atomic E-state index is 12.9. The van der Waals surface area contributed by atoms with Gasteiger partial charge >= 0.3 is 0 Å². The van der Waals surface area contributed by atoms with Crippen LogP contribution in [0.3, 0.4) is 0 Å². The Balaban J connectivity index is 2.07. The maximum Gasteiger partial charge on any atom is 0.136 e. The average molecular weight is 288 g/mol. The lowest BCUT2D eigenvalue weighted by atomic mass is 10.3. The molecule has 0 amide bonds. The van der Waals surface area contributed by atoms with Crippen LogP contribution in [-0.4, -0.2) is 0 Å². The lowest BCUT2D eigenvalue weighted by molar-refractivity contribution is 0.515. The van der Waals surface area contributed by atoms with E-state index in [0.717, 1.165) is 10.5 Å². The van der Waals surface area contributed by atoms with E-state index < -0.39 is 11.6 Å². The minimum Gasteiger partial charge on any atom is -0.466 e. The summed E-state index contributed by atoms with van der Waals surface area (Å²) < 4.78 is 31.7. The second-order valence-corrected chi connectivity index (χ2v) is 4.06. The molecule has 5 heteroatoms. The number of anilines is 1. The summed E-state index contributed by atoms with van der Waals surface area (Å²) in [5, 5.41) is 2.87. The molecule has 0 atom stereocenters. The second kappa shape index (κ2) is 4.65. The van der Waals surface area contributed by atoms with Gasteiger partial charge in [-0.05, 0) is 34.1 Å². The van der Waals surface area contributed by atoms with Gasteiger partial charge in [-0.1, -0.05) is 0 Å². The monoisotopic (exact) mass is 287 g/mol. The van der Waals surface area contributed by atoms with Gasteiger partial charge in [0.1, 0.15) is 17.4 Å². The zero-order chi connectivity index (χ0) is 11.5. The van der Waals surface area contributed by atoms with Crippen LogP contribution >= 0.6 is 15.9 Å². The third-order valence-corrected chi connectivity index (χ3v) is 2.71. The normalized spacial score (nSPS) is 10.4. The van der Waals surface area contributed by atoms with Gasteiger partial charge in [0, 0.05) is 11.8 Å². The van der Waals surface area contributed by atoms with Crippen molar-refractivity contribution in [1.29, 1.82) is 0 Å². The third kappa shape index (κ3) is 2.61. The van der Waals surface area contributed by atoms with Gasteiger partial charge in [0.05, 0.1) is 17.3 Å². The fourth-order valence-electron chi connectivity index (χ4n) is 1.29. The standard InChI is InChI=1S/C11H8BrF2NO/c12-10-1-2-16-11(10)6-15-9-4-7(13)3-8(14)5-9/h1-5,15H,6H2. The summed E-state index contributed by atoms with van der Waals surface area (Å²) in [6.45, 7) is 0.358. The molecule has 0 aliphatic heterocycles. The first kappa shape index (κ1) is 11.1. The Morgan fingerprint density at radius 2 is 1.88 bits per heavy atom. The van der Waals surface area contributed by atoms with Crippen molar-refractivity contribution >= 4 is 21.6 Å². The van der Waals surface area contributed by atoms with E-state index in [-0.39, 0.29) is 0 Å².